The molecular weight excluding hydrogens is 306 g/mol. The molecule has 6 heteroatoms. The summed E-state index contributed by atoms with van der Waals surface area (Å²) in [5, 5.41) is 0. The third-order valence-corrected chi connectivity index (χ3v) is 6.63. The van der Waals surface area contributed by atoms with Crippen LogP contribution in [0.15, 0.2) is 52.3 Å². The summed E-state index contributed by atoms with van der Waals surface area (Å²) in [4.78, 5) is 13.3. The smallest absolute Gasteiger partial charge is 0.267 e. The lowest BCUT2D eigenvalue weighted by Crippen LogP contribution is -2.22. The third kappa shape index (κ3) is 2.15. The summed E-state index contributed by atoms with van der Waals surface area (Å²) in [5.41, 5.74) is 1.92. The van der Waals surface area contributed by atoms with Gasteiger partial charge in [0.2, 0.25) is 0 Å². The second-order valence-corrected chi connectivity index (χ2v) is 7.83. The molecule has 0 unspecified atom stereocenters. The molecular formula is C15H13NO3S2. The number of hydrogen-bond acceptors (Lipinski definition) is 4. The normalized spacial score (nSPS) is 16.1. The molecule has 0 aliphatic carbocycles. The van der Waals surface area contributed by atoms with E-state index in [0.717, 1.165) is 26.8 Å². The van der Waals surface area contributed by atoms with Gasteiger partial charge in [0.05, 0.1) is 5.56 Å². The molecule has 2 aromatic carbocycles. The Morgan fingerprint density at radius 1 is 1.00 bits per heavy atom. The highest BCUT2D eigenvalue weighted by atomic mass is 32.3. The maximum absolute atomic E-state index is 12.5. The molecule has 0 spiro atoms. The lowest BCUT2D eigenvalue weighted by molar-refractivity contribution is 0.0933. The molecule has 2 aromatic rings. The molecule has 108 valence electrons. The van der Waals surface area contributed by atoms with Gasteiger partial charge in [0.1, 0.15) is 4.90 Å². The summed E-state index contributed by atoms with van der Waals surface area (Å²) in [7, 11) is -3.79. The first kappa shape index (κ1) is 14.2. The maximum Gasteiger partial charge on any atom is 0.279 e. The van der Waals surface area contributed by atoms with Gasteiger partial charge < -0.3 is 0 Å². The number of sulfonamides is 1. The molecule has 0 N–H and O–H groups in total. The van der Waals surface area contributed by atoms with E-state index in [1.807, 2.05) is 13.0 Å². The van der Waals surface area contributed by atoms with Crippen molar-refractivity contribution in [3.05, 3.63) is 59.2 Å². The average molecular weight is 319 g/mol. The molecule has 0 fully saturated rings. The van der Waals surface area contributed by atoms with E-state index in [9.17, 15) is 13.2 Å². The van der Waals surface area contributed by atoms with Crippen molar-refractivity contribution in [1.82, 2.24) is 3.71 Å². The summed E-state index contributed by atoms with van der Waals surface area (Å²) >= 11 is 0.933. The van der Waals surface area contributed by atoms with Crippen LogP contribution in [0.4, 0.5) is 0 Å². The van der Waals surface area contributed by atoms with Gasteiger partial charge in [-0.1, -0.05) is 24.3 Å². The molecule has 0 bridgehead atoms. The fourth-order valence-corrected chi connectivity index (χ4v) is 4.99. The van der Waals surface area contributed by atoms with Crippen molar-refractivity contribution >= 4 is 27.9 Å². The van der Waals surface area contributed by atoms with E-state index in [0.29, 0.717) is 10.5 Å². The van der Waals surface area contributed by atoms with Crippen molar-refractivity contribution in [2.45, 2.75) is 23.6 Å². The van der Waals surface area contributed by atoms with Crippen molar-refractivity contribution in [3.63, 3.8) is 0 Å². The van der Waals surface area contributed by atoms with Crippen LogP contribution in [0.5, 0.6) is 0 Å². The van der Waals surface area contributed by atoms with E-state index in [1.165, 1.54) is 6.07 Å². The lowest BCUT2D eigenvalue weighted by atomic mass is 10.0. The Hall–Kier alpha value is -1.79. The van der Waals surface area contributed by atoms with Crippen molar-refractivity contribution in [3.8, 4) is 0 Å². The number of benzene rings is 2. The minimum absolute atomic E-state index is 0.0963. The monoisotopic (exact) mass is 319 g/mol. The van der Waals surface area contributed by atoms with Crippen LogP contribution in [0.2, 0.25) is 0 Å². The molecule has 4 nitrogen and oxygen atoms in total. The van der Waals surface area contributed by atoms with Gasteiger partial charge in [-0.05, 0) is 43.2 Å². The zero-order valence-corrected chi connectivity index (χ0v) is 13.2. The Morgan fingerprint density at radius 3 is 2.33 bits per heavy atom. The highest BCUT2D eigenvalue weighted by molar-refractivity contribution is 8.09. The van der Waals surface area contributed by atoms with Crippen molar-refractivity contribution in [2.75, 3.05) is 0 Å². The molecule has 1 amide bonds. The fraction of sp³-hybridized carbons (Fsp3) is 0.133. The summed E-state index contributed by atoms with van der Waals surface area (Å²) in [6.07, 6.45) is 0. The Bertz CT molecular complexity index is 829. The second-order valence-electron chi connectivity index (χ2n) is 4.82. The number of carbonyl (C=O) groups is 1. The number of nitrogens with zero attached hydrogens (tertiary/aromatic N) is 1. The van der Waals surface area contributed by atoms with Gasteiger partial charge in [0, 0.05) is 16.8 Å². The molecule has 0 saturated heterocycles. The van der Waals surface area contributed by atoms with Crippen LogP contribution in [-0.2, 0) is 10.0 Å². The minimum atomic E-state index is -3.79. The largest absolute Gasteiger partial charge is 0.279 e. The number of fused-ring (bicyclic) bond motifs is 1. The van der Waals surface area contributed by atoms with E-state index in [2.05, 4.69) is 0 Å². The molecule has 21 heavy (non-hydrogen) atoms. The zero-order valence-electron chi connectivity index (χ0n) is 11.5. The Labute approximate surface area is 128 Å². The van der Waals surface area contributed by atoms with Crippen LogP contribution < -0.4 is 0 Å². The van der Waals surface area contributed by atoms with E-state index < -0.39 is 15.9 Å². The van der Waals surface area contributed by atoms with Gasteiger partial charge in [-0.25, -0.2) is 8.42 Å². The van der Waals surface area contributed by atoms with Gasteiger partial charge >= 0.3 is 0 Å². The molecule has 1 aliphatic heterocycles. The van der Waals surface area contributed by atoms with Crippen molar-refractivity contribution in [1.29, 1.82) is 0 Å². The van der Waals surface area contributed by atoms with E-state index in [4.69, 9.17) is 0 Å². The maximum atomic E-state index is 12.5. The second kappa shape index (κ2) is 4.89. The Balaban J connectivity index is 2.10. The first-order chi connectivity index (χ1) is 9.93. The highest BCUT2D eigenvalue weighted by Gasteiger charge is 2.43. The van der Waals surface area contributed by atoms with Crippen LogP contribution in [0.3, 0.4) is 0 Å². The highest BCUT2D eigenvalue weighted by Crippen LogP contribution is 2.40. The van der Waals surface area contributed by atoms with Crippen LogP contribution in [0.25, 0.3) is 0 Å². The molecule has 0 aromatic heterocycles. The molecule has 1 aliphatic rings. The van der Waals surface area contributed by atoms with Crippen LogP contribution in [0, 0.1) is 13.8 Å². The predicted octanol–water partition coefficient (Wildman–Crippen LogP) is 3.16. The number of amides is 1. The minimum Gasteiger partial charge on any atom is -0.267 e. The number of carbonyl (C=O) groups excluding carboxylic acids is 1. The first-order valence-electron chi connectivity index (χ1n) is 6.36. The van der Waals surface area contributed by atoms with Crippen LogP contribution in [0.1, 0.15) is 21.5 Å². The number of aryl methyl sites for hydroxylation is 1. The molecule has 3 rings (SSSR count). The fourth-order valence-electron chi connectivity index (χ4n) is 2.23. The van der Waals surface area contributed by atoms with Crippen LogP contribution >= 0.6 is 11.9 Å². The van der Waals surface area contributed by atoms with Gasteiger partial charge in [-0.2, -0.15) is 3.71 Å². The molecule has 0 atom stereocenters. The lowest BCUT2D eigenvalue weighted by Gasteiger charge is -2.13. The van der Waals surface area contributed by atoms with Crippen molar-refractivity contribution < 1.29 is 13.2 Å². The predicted molar refractivity (Wildman–Crippen MR) is 81.6 cm³/mol. The number of rotatable bonds is 2. The van der Waals surface area contributed by atoms with Crippen LogP contribution in [-0.4, -0.2) is 18.0 Å². The quantitative estimate of drug-likeness (QED) is 0.798. The molecule has 1 heterocycles. The summed E-state index contributed by atoms with van der Waals surface area (Å²) < 4.78 is 26.0. The van der Waals surface area contributed by atoms with Crippen molar-refractivity contribution in [2.24, 2.45) is 0 Å². The van der Waals surface area contributed by atoms with Gasteiger partial charge in [-0.15, -0.1) is 0 Å². The van der Waals surface area contributed by atoms with E-state index in [1.54, 1.807) is 37.3 Å². The third-order valence-electron chi connectivity index (χ3n) is 3.51. The summed E-state index contributed by atoms with van der Waals surface area (Å²) in [5.74, 6) is -0.472. The first-order valence-corrected chi connectivity index (χ1v) is 8.57. The SMILES string of the molecule is Cc1ccc2c(c1C)C(=O)N(Sc1ccccc1)S2(=O)=O. The molecule has 0 saturated carbocycles. The Morgan fingerprint density at radius 2 is 1.67 bits per heavy atom. The summed E-state index contributed by atoms with van der Waals surface area (Å²) in [6.45, 7) is 3.64. The topological polar surface area (TPSA) is 54.5 Å². The summed E-state index contributed by atoms with van der Waals surface area (Å²) in [6, 6.07) is 12.2. The zero-order chi connectivity index (χ0) is 15.2. The number of hydrogen-bond donors (Lipinski definition) is 0. The van der Waals surface area contributed by atoms with E-state index in [-0.39, 0.29) is 4.90 Å². The average Bonchev–Trinajstić information content (AvgIpc) is 2.65. The van der Waals surface area contributed by atoms with Gasteiger partial charge in [-0.3, -0.25) is 4.79 Å². The van der Waals surface area contributed by atoms with E-state index >= 15 is 0 Å². The van der Waals surface area contributed by atoms with Gasteiger partial charge in [0.25, 0.3) is 15.9 Å². The molecule has 0 radical (unpaired) electrons. The standard InChI is InChI=1S/C15H13NO3S2/c1-10-8-9-13-14(11(10)2)15(17)16(21(13,18)19)20-12-6-4-3-5-7-12/h3-9H,1-2H3. The Kier molecular flexibility index (Phi) is 3.30. The van der Waals surface area contributed by atoms with Gasteiger partial charge in [0.15, 0.2) is 0 Å².